The van der Waals surface area contributed by atoms with Crippen molar-refractivity contribution in [3.8, 4) is 11.1 Å². The number of hydrogen-bond acceptors (Lipinski definition) is 2. The highest BCUT2D eigenvalue weighted by molar-refractivity contribution is 5.96. The summed E-state index contributed by atoms with van der Waals surface area (Å²) < 4.78 is 13.6. The minimum absolute atomic E-state index is 0.322. The second-order valence-corrected chi connectivity index (χ2v) is 5.68. The maximum absolute atomic E-state index is 13.6. The summed E-state index contributed by atoms with van der Waals surface area (Å²) in [6.45, 7) is 0.374. The van der Waals surface area contributed by atoms with Gasteiger partial charge in [-0.05, 0) is 36.6 Å². The van der Waals surface area contributed by atoms with Gasteiger partial charge in [-0.1, -0.05) is 30.3 Å². The number of anilines is 1. The van der Waals surface area contributed by atoms with Gasteiger partial charge in [0.15, 0.2) is 0 Å². The number of carbonyl (C=O) groups is 2. The summed E-state index contributed by atoms with van der Waals surface area (Å²) in [6, 6.07) is 12.1. The van der Waals surface area contributed by atoms with Crippen LogP contribution in [-0.4, -0.2) is 34.6 Å². The Labute approximate surface area is 138 Å². The summed E-state index contributed by atoms with van der Waals surface area (Å²) in [5, 5.41) is 11.9. The molecule has 2 aromatic rings. The van der Waals surface area contributed by atoms with E-state index in [0.717, 1.165) is 5.56 Å². The van der Waals surface area contributed by atoms with Gasteiger partial charge in [-0.3, -0.25) is 0 Å². The molecular formula is C18H17FN2O3. The third kappa shape index (κ3) is 3.22. The monoisotopic (exact) mass is 328 g/mol. The third-order valence-corrected chi connectivity index (χ3v) is 4.11. The average Bonchev–Trinajstić information content (AvgIpc) is 3.06. The average molecular weight is 328 g/mol. The van der Waals surface area contributed by atoms with E-state index in [4.69, 9.17) is 0 Å². The number of carbonyl (C=O) groups excluding carboxylic acids is 1. The molecule has 0 saturated carbocycles. The van der Waals surface area contributed by atoms with Crippen molar-refractivity contribution < 1.29 is 19.1 Å². The van der Waals surface area contributed by atoms with Crippen LogP contribution in [0.5, 0.6) is 0 Å². The number of urea groups is 1. The molecule has 0 radical (unpaired) electrons. The highest BCUT2D eigenvalue weighted by Gasteiger charge is 2.34. The first kappa shape index (κ1) is 16.0. The molecule has 124 valence electrons. The molecule has 3 rings (SSSR count). The van der Waals surface area contributed by atoms with Crippen molar-refractivity contribution >= 4 is 17.7 Å². The summed E-state index contributed by atoms with van der Waals surface area (Å²) in [7, 11) is 0. The van der Waals surface area contributed by atoms with E-state index in [9.17, 15) is 19.1 Å². The Morgan fingerprint density at radius 3 is 2.62 bits per heavy atom. The van der Waals surface area contributed by atoms with E-state index in [1.807, 2.05) is 30.3 Å². The zero-order chi connectivity index (χ0) is 17.1. The Morgan fingerprint density at radius 2 is 1.92 bits per heavy atom. The van der Waals surface area contributed by atoms with E-state index < -0.39 is 23.9 Å². The van der Waals surface area contributed by atoms with E-state index in [0.29, 0.717) is 30.6 Å². The van der Waals surface area contributed by atoms with Crippen LogP contribution in [0.4, 0.5) is 14.9 Å². The highest BCUT2D eigenvalue weighted by Crippen LogP contribution is 2.29. The van der Waals surface area contributed by atoms with Crippen molar-refractivity contribution in [3.05, 3.63) is 54.3 Å². The Morgan fingerprint density at radius 1 is 1.17 bits per heavy atom. The fourth-order valence-electron chi connectivity index (χ4n) is 2.94. The molecule has 1 fully saturated rings. The number of likely N-dealkylation sites (tertiary alicyclic amines) is 1. The lowest BCUT2D eigenvalue weighted by atomic mass is 10.0. The van der Waals surface area contributed by atoms with E-state index in [1.54, 1.807) is 6.07 Å². The molecule has 2 amide bonds. The van der Waals surface area contributed by atoms with Crippen molar-refractivity contribution in [2.24, 2.45) is 0 Å². The molecule has 1 unspecified atom stereocenters. The summed E-state index contributed by atoms with van der Waals surface area (Å²) in [6.07, 6.45) is 1.07. The van der Waals surface area contributed by atoms with Crippen molar-refractivity contribution in [1.82, 2.24) is 4.90 Å². The van der Waals surface area contributed by atoms with Crippen LogP contribution in [0.3, 0.4) is 0 Å². The van der Waals surface area contributed by atoms with Crippen molar-refractivity contribution in [1.29, 1.82) is 0 Å². The molecule has 2 aromatic carbocycles. The first-order valence-corrected chi connectivity index (χ1v) is 7.71. The van der Waals surface area contributed by atoms with Gasteiger partial charge >= 0.3 is 12.0 Å². The molecule has 1 atom stereocenters. The molecule has 1 heterocycles. The topological polar surface area (TPSA) is 69.6 Å². The number of hydrogen-bond donors (Lipinski definition) is 2. The number of benzene rings is 2. The highest BCUT2D eigenvalue weighted by atomic mass is 19.1. The lowest BCUT2D eigenvalue weighted by molar-refractivity contribution is -0.141. The zero-order valence-corrected chi connectivity index (χ0v) is 12.9. The van der Waals surface area contributed by atoms with Crippen LogP contribution < -0.4 is 5.32 Å². The standard InChI is InChI=1S/C18H17FN2O3/c19-13-8-9-14(12-5-2-1-3-6-12)15(11-13)20-18(24)21-10-4-7-16(21)17(22)23/h1-3,5-6,8-9,11,16H,4,7,10H2,(H,20,24)(H,22,23). The van der Waals surface area contributed by atoms with E-state index in [1.165, 1.54) is 17.0 Å². The minimum Gasteiger partial charge on any atom is -0.480 e. The van der Waals surface area contributed by atoms with E-state index >= 15 is 0 Å². The molecule has 1 aliphatic rings. The number of nitrogens with one attached hydrogen (secondary N) is 1. The first-order valence-electron chi connectivity index (χ1n) is 7.71. The molecule has 0 aliphatic carbocycles. The van der Waals surface area contributed by atoms with Crippen LogP contribution in [0, 0.1) is 5.82 Å². The largest absolute Gasteiger partial charge is 0.480 e. The van der Waals surface area contributed by atoms with Gasteiger partial charge < -0.3 is 15.3 Å². The molecule has 24 heavy (non-hydrogen) atoms. The number of amides is 2. The number of halogens is 1. The van der Waals surface area contributed by atoms with Crippen LogP contribution in [0.1, 0.15) is 12.8 Å². The fraction of sp³-hybridized carbons (Fsp3) is 0.222. The lowest BCUT2D eigenvalue weighted by Gasteiger charge is -2.22. The van der Waals surface area contributed by atoms with Gasteiger partial charge in [0.1, 0.15) is 11.9 Å². The number of nitrogens with zero attached hydrogens (tertiary/aromatic N) is 1. The third-order valence-electron chi connectivity index (χ3n) is 4.11. The van der Waals surface area contributed by atoms with Gasteiger partial charge in [-0.25, -0.2) is 14.0 Å². The zero-order valence-electron chi connectivity index (χ0n) is 12.9. The lowest BCUT2D eigenvalue weighted by Crippen LogP contribution is -2.42. The smallest absolute Gasteiger partial charge is 0.326 e. The van der Waals surface area contributed by atoms with Crippen LogP contribution in [-0.2, 0) is 4.79 Å². The van der Waals surface area contributed by atoms with Gasteiger partial charge in [0.05, 0.1) is 5.69 Å². The first-order chi connectivity index (χ1) is 11.6. The summed E-state index contributed by atoms with van der Waals surface area (Å²) >= 11 is 0. The number of carboxylic acid groups (broad SMARTS) is 1. The Hall–Kier alpha value is -2.89. The summed E-state index contributed by atoms with van der Waals surface area (Å²) in [5.74, 6) is -1.49. The van der Waals surface area contributed by atoms with Crippen molar-refractivity contribution in [2.75, 3.05) is 11.9 Å². The predicted molar refractivity (Wildman–Crippen MR) is 88.2 cm³/mol. The quantitative estimate of drug-likeness (QED) is 0.905. The second kappa shape index (κ2) is 6.70. The Kier molecular flexibility index (Phi) is 4.46. The van der Waals surface area contributed by atoms with E-state index in [2.05, 4.69) is 5.32 Å². The van der Waals surface area contributed by atoms with Gasteiger partial charge in [-0.2, -0.15) is 0 Å². The minimum atomic E-state index is -1.02. The van der Waals surface area contributed by atoms with Gasteiger partial charge in [-0.15, -0.1) is 0 Å². The molecule has 2 N–H and O–H groups in total. The molecule has 0 spiro atoms. The number of carboxylic acids is 1. The molecular weight excluding hydrogens is 311 g/mol. The molecule has 0 bridgehead atoms. The second-order valence-electron chi connectivity index (χ2n) is 5.68. The molecule has 6 heteroatoms. The van der Waals surface area contributed by atoms with Gasteiger partial charge in [0.25, 0.3) is 0 Å². The van der Waals surface area contributed by atoms with E-state index in [-0.39, 0.29) is 0 Å². The summed E-state index contributed by atoms with van der Waals surface area (Å²) in [4.78, 5) is 25.0. The van der Waals surface area contributed by atoms with Crippen molar-refractivity contribution in [2.45, 2.75) is 18.9 Å². The van der Waals surface area contributed by atoms with Crippen LogP contribution in [0.2, 0.25) is 0 Å². The van der Waals surface area contributed by atoms with Crippen LogP contribution in [0.25, 0.3) is 11.1 Å². The van der Waals surface area contributed by atoms with Crippen molar-refractivity contribution in [3.63, 3.8) is 0 Å². The SMILES string of the molecule is O=C(O)C1CCCN1C(=O)Nc1cc(F)ccc1-c1ccccc1. The maximum Gasteiger partial charge on any atom is 0.326 e. The van der Waals surface area contributed by atoms with Gasteiger partial charge in [0.2, 0.25) is 0 Å². The fourth-order valence-corrected chi connectivity index (χ4v) is 2.94. The van der Waals surface area contributed by atoms with Crippen LogP contribution >= 0.6 is 0 Å². The maximum atomic E-state index is 13.6. The Balaban J connectivity index is 1.88. The molecule has 1 saturated heterocycles. The molecule has 1 aliphatic heterocycles. The normalized spacial score (nSPS) is 16.9. The number of aliphatic carboxylic acids is 1. The molecule has 5 nitrogen and oxygen atoms in total. The van der Waals surface area contributed by atoms with Gasteiger partial charge in [0, 0.05) is 12.1 Å². The molecule has 0 aromatic heterocycles. The van der Waals surface area contributed by atoms with Crippen LogP contribution in [0.15, 0.2) is 48.5 Å². The Bertz CT molecular complexity index is 764. The predicted octanol–water partition coefficient (Wildman–Crippen LogP) is 3.57. The summed E-state index contributed by atoms with van der Waals surface area (Å²) in [5.41, 5.74) is 1.84. The number of rotatable bonds is 3.